The van der Waals surface area contributed by atoms with E-state index in [0.717, 1.165) is 31.9 Å². The lowest BCUT2D eigenvalue weighted by Crippen LogP contribution is -2.58. The summed E-state index contributed by atoms with van der Waals surface area (Å²) in [4.78, 5) is 27.9. The second-order valence-electron chi connectivity index (χ2n) is 9.47. The van der Waals surface area contributed by atoms with Crippen molar-refractivity contribution in [3.63, 3.8) is 0 Å². The van der Waals surface area contributed by atoms with Gasteiger partial charge in [0.25, 0.3) is 5.92 Å². The van der Waals surface area contributed by atoms with Gasteiger partial charge in [-0.2, -0.15) is 8.78 Å². The molecule has 194 valence electrons. The third-order valence-corrected chi connectivity index (χ3v) is 7.28. The van der Waals surface area contributed by atoms with Gasteiger partial charge < -0.3 is 25.0 Å². The number of anilines is 1. The smallest absolute Gasteiger partial charge is 0.320 e. The summed E-state index contributed by atoms with van der Waals surface area (Å²) in [7, 11) is 0. The molecule has 2 N–H and O–H groups in total. The molecule has 1 aromatic carbocycles. The van der Waals surface area contributed by atoms with Gasteiger partial charge in [0, 0.05) is 43.3 Å². The fraction of sp³-hybridized carbons (Fsp3) is 0.542. The van der Waals surface area contributed by atoms with Gasteiger partial charge >= 0.3 is 6.03 Å². The molecule has 5 rings (SSSR count). The SMILES string of the molecule is C[C@@H](Nc1nc(Cl)nc2c1CN(C(=O)N1CCN(C3COC3)CC1)C2)c1cccc(C(F)(F)CO)c1. The molecule has 0 unspecified atom stereocenters. The van der Waals surface area contributed by atoms with Gasteiger partial charge in [0.2, 0.25) is 5.28 Å². The molecule has 3 aliphatic heterocycles. The highest BCUT2D eigenvalue weighted by atomic mass is 35.5. The first-order valence-electron chi connectivity index (χ1n) is 12.0. The molecule has 2 amide bonds. The van der Waals surface area contributed by atoms with Crippen LogP contribution in [0.1, 0.15) is 35.3 Å². The van der Waals surface area contributed by atoms with E-state index in [9.17, 15) is 13.6 Å². The van der Waals surface area contributed by atoms with E-state index in [4.69, 9.17) is 21.4 Å². The number of aliphatic hydroxyl groups excluding tert-OH is 1. The average Bonchev–Trinajstić information content (AvgIpc) is 3.27. The number of nitrogens with zero attached hydrogens (tertiary/aromatic N) is 5. The normalized spacial score (nSPS) is 19.7. The molecular weight excluding hydrogens is 494 g/mol. The maximum absolute atomic E-state index is 14.0. The van der Waals surface area contributed by atoms with Crippen LogP contribution in [0.2, 0.25) is 5.28 Å². The molecule has 0 spiro atoms. The van der Waals surface area contributed by atoms with Crippen molar-refractivity contribution < 1.29 is 23.4 Å². The maximum Gasteiger partial charge on any atom is 0.320 e. The molecule has 0 radical (unpaired) electrons. The summed E-state index contributed by atoms with van der Waals surface area (Å²) in [5.74, 6) is -2.85. The molecule has 4 heterocycles. The van der Waals surface area contributed by atoms with E-state index in [2.05, 4.69) is 20.2 Å². The first kappa shape index (κ1) is 25.1. The highest BCUT2D eigenvalue weighted by Crippen LogP contribution is 2.33. The van der Waals surface area contributed by atoms with Crippen molar-refractivity contribution in [2.45, 2.75) is 38.0 Å². The number of amides is 2. The van der Waals surface area contributed by atoms with Crippen LogP contribution in [0.3, 0.4) is 0 Å². The Hall–Kier alpha value is -2.60. The average molecular weight is 523 g/mol. The van der Waals surface area contributed by atoms with Gasteiger partial charge in [-0.3, -0.25) is 4.90 Å². The number of carbonyl (C=O) groups excluding carboxylic acids is 1. The minimum Gasteiger partial charge on any atom is -0.390 e. The minimum atomic E-state index is -3.33. The predicted molar refractivity (Wildman–Crippen MR) is 129 cm³/mol. The van der Waals surface area contributed by atoms with Gasteiger partial charge in [0.1, 0.15) is 12.4 Å². The Balaban J connectivity index is 1.27. The molecule has 1 aromatic heterocycles. The van der Waals surface area contributed by atoms with Crippen LogP contribution >= 0.6 is 11.6 Å². The number of piperazine rings is 1. The zero-order valence-corrected chi connectivity index (χ0v) is 20.7. The van der Waals surface area contributed by atoms with E-state index in [-0.39, 0.29) is 22.9 Å². The van der Waals surface area contributed by atoms with Gasteiger partial charge in [0.15, 0.2) is 0 Å². The molecule has 2 fully saturated rings. The molecule has 36 heavy (non-hydrogen) atoms. The van der Waals surface area contributed by atoms with E-state index in [1.807, 2.05) is 11.8 Å². The number of halogens is 3. The fourth-order valence-corrected chi connectivity index (χ4v) is 4.99. The Morgan fingerprint density at radius 2 is 1.97 bits per heavy atom. The van der Waals surface area contributed by atoms with Crippen molar-refractivity contribution in [2.24, 2.45) is 0 Å². The number of benzene rings is 1. The Kier molecular flexibility index (Phi) is 6.99. The standard InChI is InChI=1S/C24H29ClF2N6O3/c1-15(16-3-2-4-17(9-16)24(26,27)14-34)28-21-19-10-33(11-20(19)29-22(25)30-21)23(35)32-7-5-31(6-8-32)18-12-36-13-18/h2-4,9,15,18,34H,5-8,10-14H2,1H3,(H,28,29,30)/t15-/m1/s1. The van der Waals surface area contributed by atoms with E-state index < -0.39 is 12.5 Å². The number of hydrogen-bond donors (Lipinski definition) is 2. The summed E-state index contributed by atoms with van der Waals surface area (Å²) in [5, 5.41) is 12.3. The lowest BCUT2D eigenvalue weighted by atomic mass is 10.0. The van der Waals surface area contributed by atoms with E-state index in [1.165, 1.54) is 18.2 Å². The zero-order valence-electron chi connectivity index (χ0n) is 20.0. The van der Waals surface area contributed by atoms with Crippen LogP contribution in [0.5, 0.6) is 0 Å². The van der Waals surface area contributed by atoms with Crippen molar-refractivity contribution in [3.8, 4) is 0 Å². The summed E-state index contributed by atoms with van der Waals surface area (Å²) in [5.41, 5.74) is 1.78. The van der Waals surface area contributed by atoms with Crippen molar-refractivity contribution in [1.29, 1.82) is 0 Å². The predicted octanol–water partition coefficient (Wildman–Crippen LogP) is 2.84. The Morgan fingerprint density at radius 1 is 1.22 bits per heavy atom. The lowest BCUT2D eigenvalue weighted by Gasteiger charge is -2.43. The van der Waals surface area contributed by atoms with Gasteiger partial charge in [0.05, 0.1) is 38.0 Å². The van der Waals surface area contributed by atoms with Gasteiger partial charge in [-0.1, -0.05) is 18.2 Å². The molecule has 2 aromatic rings. The van der Waals surface area contributed by atoms with Crippen LogP contribution in [-0.4, -0.2) is 87.8 Å². The Labute approximate surface area is 213 Å². The van der Waals surface area contributed by atoms with Crippen molar-refractivity contribution in [1.82, 2.24) is 24.7 Å². The van der Waals surface area contributed by atoms with Crippen LogP contribution in [-0.2, 0) is 23.7 Å². The highest BCUT2D eigenvalue weighted by molar-refractivity contribution is 6.28. The van der Waals surface area contributed by atoms with Crippen molar-refractivity contribution in [2.75, 3.05) is 51.3 Å². The molecule has 0 bridgehead atoms. The summed E-state index contributed by atoms with van der Waals surface area (Å²) in [6.07, 6.45) is 0. The number of hydrogen-bond acceptors (Lipinski definition) is 7. The first-order valence-corrected chi connectivity index (χ1v) is 12.4. The van der Waals surface area contributed by atoms with Crippen molar-refractivity contribution in [3.05, 3.63) is 51.9 Å². The number of nitrogens with one attached hydrogen (secondary N) is 1. The number of carbonyl (C=O) groups is 1. The lowest BCUT2D eigenvalue weighted by molar-refractivity contribution is -0.0746. The van der Waals surface area contributed by atoms with Crippen molar-refractivity contribution >= 4 is 23.4 Å². The third kappa shape index (κ3) is 4.97. The van der Waals surface area contributed by atoms with Crippen LogP contribution in [0.25, 0.3) is 0 Å². The van der Waals surface area contributed by atoms with E-state index in [0.29, 0.717) is 49.3 Å². The van der Waals surface area contributed by atoms with Gasteiger partial charge in [-0.05, 0) is 30.2 Å². The first-order chi connectivity index (χ1) is 17.2. The maximum atomic E-state index is 14.0. The monoisotopic (exact) mass is 522 g/mol. The topological polar surface area (TPSA) is 94.1 Å². The number of ether oxygens (including phenoxy) is 1. The van der Waals surface area contributed by atoms with E-state index >= 15 is 0 Å². The molecule has 0 saturated carbocycles. The summed E-state index contributed by atoms with van der Waals surface area (Å²) in [6, 6.07) is 5.93. The van der Waals surface area contributed by atoms with Gasteiger partial charge in [-0.25, -0.2) is 14.8 Å². The third-order valence-electron chi connectivity index (χ3n) is 7.11. The Morgan fingerprint density at radius 3 is 2.64 bits per heavy atom. The minimum absolute atomic E-state index is 0.0495. The number of fused-ring (bicyclic) bond motifs is 1. The number of alkyl halides is 2. The Bertz CT molecular complexity index is 1130. The summed E-state index contributed by atoms with van der Waals surface area (Å²) >= 11 is 6.18. The quantitative estimate of drug-likeness (QED) is 0.563. The highest BCUT2D eigenvalue weighted by Gasteiger charge is 2.35. The number of urea groups is 1. The molecule has 0 aliphatic carbocycles. The molecule has 9 nitrogen and oxygen atoms in total. The van der Waals surface area contributed by atoms with E-state index in [1.54, 1.807) is 11.0 Å². The fourth-order valence-electron chi connectivity index (χ4n) is 4.81. The number of aromatic nitrogens is 2. The molecule has 3 aliphatic rings. The summed E-state index contributed by atoms with van der Waals surface area (Å²) in [6.45, 7) is 5.71. The molecule has 1 atom stereocenters. The zero-order chi connectivity index (χ0) is 25.4. The van der Waals surface area contributed by atoms with Gasteiger partial charge in [-0.15, -0.1) is 0 Å². The molecular formula is C24H29ClF2N6O3. The molecule has 12 heteroatoms. The second kappa shape index (κ2) is 10.0. The number of aliphatic hydroxyl groups is 1. The van der Waals surface area contributed by atoms with Crippen LogP contribution in [0, 0.1) is 0 Å². The van der Waals surface area contributed by atoms with Crippen LogP contribution < -0.4 is 5.32 Å². The largest absolute Gasteiger partial charge is 0.390 e. The number of rotatable bonds is 6. The summed E-state index contributed by atoms with van der Waals surface area (Å²) < 4.78 is 33.2. The second-order valence-corrected chi connectivity index (χ2v) is 9.81. The molecule has 2 saturated heterocycles. The van der Waals surface area contributed by atoms with Crippen LogP contribution in [0.15, 0.2) is 24.3 Å². The van der Waals surface area contributed by atoms with Crippen LogP contribution in [0.4, 0.5) is 19.4 Å².